The molecule has 0 unspecified atom stereocenters. The van der Waals surface area contributed by atoms with Crippen LogP contribution >= 0.6 is 0 Å². The van der Waals surface area contributed by atoms with Crippen LogP contribution in [0, 0.1) is 5.82 Å². The number of hydrogen-bond donors (Lipinski definition) is 1. The Balaban J connectivity index is 1.43. The van der Waals surface area contributed by atoms with Crippen LogP contribution in [0.2, 0.25) is 0 Å². The molecule has 0 radical (unpaired) electrons. The smallest absolute Gasteiger partial charge is 0.342 e. The third-order valence-corrected chi connectivity index (χ3v) is 4.81. The third-order valence-electron chi connectivity index (χ3n) is 4.81. The Bertz CT molecular complexity index is 915. The number of hydrogen-bond acceptors (Lipinski definition) is 2. The summed E-state index contributed by atoms with van der Waals surface area (Å²) in [5.41, 5.74) is 1.64. The number of nitrogens with one attached hydrogen (secondary N) is 1. The van der Waals surface area contributed by atoms with E-state index in [-0.39, 0.29) is 11.7 Å². The fourth-order valence-electron chi connectivity index (χ4n) is 3.45. The SMILES string of the molecule is Fc1ccc2nc([C@H]3CCN(Cc4ccc(C(F)(F)F)cc4)C3)[nH]c2c1. The molecule has 1 fully saturated rings. The number of likely N-dealkylation sites (tertiary alicyclic amines) is 1. The van der Waals surface area contributed by atoms with Gasteiger partial charge in [-0.3, -0.25) is 4.90 Å². The van der Waals surface area contributed by atoms with Gasteiger partial charge in [-0.15, -0.1) is 0 Å². The second kappa shape index (κ2) is 6.39. The number of imidazole rings is 1. The quantitative estimate of drug-likeness (QED) is 0.684. The number of rotatable bonds is 3. The molecule has 7 heteroatoms. The summed E-state index contributed by atoms with van der Waals surface area (Å²) in [5, 5.41) is 0. The predicted molar refractivity (Wildman–Crippen MR) is 90.1 cm³/mol. The summed E-state index contributed by atoms with van der Waals surface area (Å²) in [4.78, 5) is 9.92. The van der Waals surface area contributed by atoms with Crippen molar-refractivity contribution in [3.05, 3.63) is 65.2 Å². The van der Waals surface area contributed by atoms with Crippen molar-refractivity contribution in [1.29, 1.82) is 0 Å². The zero-order valence-corrected chi connectivity index (χ0v) is 13.9. The standard InChI is InChI=1S/C19H17F4N3/c20-15-5-6-16-17(9-15)25-18(24-16)13-7-8-26(11-13)10-12-1-3-14(4-2-12)19(21,22)23/h1-6,9,13H,7-8,10-11H2,(H,24,25)/t13-/m0/s1. The van der Waals surface area contributed by atoms with Gasteiger partial charge in [0.1, 0.15) is 11.6 Å². The molecule has 136 valence electrons. The maximum atomic E-state index is 13.3. The Labute approximate surface area is 147 Å². The highest BCUT2D eigenvalue weighted by atomic mass is 19.4. The van der Waals surface area contributed by atoms with Crippen LogP contribution < -0.4 is 0 Å². The molecular formula is C19H17F4N3. The molecule has 0 spiro atoms. The highest BCUT2D eigenvalue weighted by Gasteiger charge is 2.30. The van der Waals surface area contributed by atoms with Gasteiger partial charge >= 0.3 is 6.18 Å². The molecule has 1 aliphatic heterocycles. The number of nitrogens with zero attached hydrogens (tertiary/aromatic N) is 2. The number of halogens is 4. The lowest BCUT2D eigenvalue weighted by atomic mass is 10.1. The Kier molecular flexibility index (Phi) is 4.19. The van der Waals surface area contributed by atoms with Crippen LogP contribution in [0.15, 0.2) is 42.5 Å². The van der Waals surface area contributed by atoms with E-state index in [0.717, 1.165) is 48.5 Å². The van der Waals surface area contributed by atoms with Crippen LogP contribution in [0.5, 0.6) is 0 Å². The summed E-state index contributed by atoms with van der Waals surface area (Å²) < 4.78 is 51.2. The van der Waals surface area contributed by atoms with Crippen molar-refractivity contribution in [2.24, 2.45) is 0 Å². The Hall–Kier alpha value is -2.41. The van der Waals surface area contributed by atoms with Gasteiger partial charge in [0.15, 0.2) is 0 Å². The predicted octanol–water partition coefficient (Wildman–Crippen LogP) is 4.71. The number of aromatic nitrogens is 2. The zero-order valence-electron chi connectivity index (χ0n) is 13.9. The maximum absolute atomic E-state index is 13.3. The molecule has 2 aromatic carbocycles. The van der Waals surface area contributed by atoms with Gasteiger partial charge in [-0.25, -0.2) is 9.37 Å². The van der Waals surface area contributed by atoms with E-state index < -0.39 is 11.7 Å². The molecule has 0 aliphatic carbocycles. The summed E-state index contributed by atoms with van der Waals surface area (Å²) in [6, 6.07) is 9.77. The molecule has 1 saturated heterocycles. The first-order valence-corrected chi connectivity index (χ1v) is 8.42. The molecule has 1 N–H and O–H groups in total. The van der Waals surface area contributed by atoms with E-state index in [2.05, 4.69) is 14.9 Å². The monoisotopic (exact) mass is 363 g/mol. The zero-order chi connectivity index (χ0) is 18.3. The molecule has 0 bridgehead atoms. The largest absolute Gasteiger partial charge is 0.416 e. The van der Waals surface area contributed by atoms with Crippen molar-refractivity contribution < 1.29 is 17.6 Å². The van der Waals surface area contributed by atoms with Gasteiger partial charge in [0, 0.05) is 19.0 Å². The van der Waals surface area contributed by atoms with Gasteiger partial charge < -0.3 is 4.98 Å². The van der Waals surface area contributed by atoms with Crippen molar-refractivity contribution in [2.75, 3.05) is 13.1 Å². The Morgan fingerprint density at radius 3 is 2.62 bits per heavy atom. The molecule has 3 nitrogen and oxygen atoms in total. The van der Waals surface area contributed by atoms with Crippen LogP contribution in [-0.4, -0.2) is 28.0 Å². The second-order valence-corrected chi connectivity index (χ2v) is 6.70. The van der Waals surface area contributed by atoms with Gasteiger partial charge in [0.05, 0.1) is 16.6 Å². The minimum atomic E-state index is -4.31. The fourth-order valence-corrected chi connectivity index (χ4v) is 3.45. The molecule has 26 heavy (non-hydrogen) atoms. The second-order valence-electron chi connectivity index (χ2n) is 6.70. The van der Waals surface area contributed by atoms with E-state index in [1.54, 1.807) is 6.07 Å². The summed E-state index contributed by atoms with van der Waals surface area (Å²) in [7, 11) is 0. The van der Waals surface area contributed by atoms with Gasteiger partial charge in [0.2, 0.25) is 0 Å². The van der Waals surface area contributed by atoms with Crippen molar-refractivity contribution in [2.45, 2.75) is 25.1 Å². The highest BCUT2D eigenvalue weighted by Crippen LogP contribution is 2.31. The molecule has 1 aliphatic rings. The van der Waals surface area contributed by atoms with E-state index in [4.69, 9.17) is 0 Å². The van der Waals surface area contributed by atoms with E-state index in [0.29, 0.717) is 12.1 Å². The number of fused-ring (bicyclic) bond motifs is 1. The van der Waals surface area contributed by atoms with Crippen LogP contribution in [0.25, 0.3) is 11.0 Å². The minimum absolute atomic E-state index is 0.208. The molecule has 1 aromatic heterocycles. The number of alkyl halides is 3. The number of aromatic amines is 1. The van der Waals surface area contributed by atoms with Crippen LogP contribution in [0.3, 0.4) is 0 Å². The average Bonchev–Trinajstić information content (AvgIpc) is 3.20. The highest BCUT2D eigenvalue weighted by molar-refractivity contribution is 5.75. The average molecular weight is 363 g/mol. The maximum Gasteiger partial charge on any atom is 0.416 e. The van der Waals surface area contributed by atoms with Crippen molar-refractivity contribution in [3.63, 3.8) is 0 Å². The first-order valence-electron chi connectivity index (χ1n) is 8.42. The van der Waals surface area contributed by atoms with Crippen LogP contribution in [-0.2, 0) is 12.7 Å². The first kappa shape index (κ1) is 17.0. The van der Waals surface area contributed by atoms with E-state index in [1.807, 2.05) is 0 Å². The lowest BCUT2D eigenvalue weighted by molar-refractivity contribution is -0.137. The molecule has 2 heterocycles. The Morgan fingerprint density at radius 1 is 1.12 bits per heavy atom. The minimum Gasteiger partial charge on any atom is -0.342 e. The van der Waals surface area contributed by atoms with E-state index >= 15 is 0 Å². The molecular weight excluding hydrogens is 346 g/mol. The summed E-state index contributed by atoms with van der Waals surface area (Å²) in [6.07, 6.45) is -3.40. The molecule has 1 atom stereocenters. The van der Waals surface area contributed by atoms with Gasteiger partial charge in [0.25, 0.3) is 0 Å². The van der Waals surface area contributed by atoms with Crippen molar-refractivity contribution >= 4 is 11.0 Å². The van der Waals surface area contributed by atoms with Crippen molar-refractivity contribution in [1.82, 2.24) is 14.9 Å². The molecule has 3 aromatic rings. The lowest BCUT2D eigenvalue weighted by Gasteiger charge is -2.16. The van der Waals surface area contributed by atoms with Crippen molar-refractivity contribution in [3.8, 4) is 0 Å². The number of benzene rings is 2. The van der Waals surface area contributed by atoms with E-state index in [1.165, 1.54) is 24.3 Å². The van der Waals surface area contributed by atoms with Gasteiger partial charge in [-0.1, -0.05) is 12.1 Å². The van der Waals surface area contributed by atoms with E-state index in [9.17, 15) is 17.6 Å². The summed E-state index contributed by atoms with van der Waals surface area (Å²) >= 11 is 0. The van der Waals surface area contributed by atoms with Crippen LogP contribution in [0.4, 0.5) is 17.6 Å². The first-order chi connectivity index (χ1) is 12.4. The molecule has 0 amide bonds. The third kappa shape index (κ3) is 3.44. The molecule has 4 rings (SSSR count). The number of H-pyrrole nitrogens is 1. The topological polar surface area (TPSA) is 31.9 Å². The lowest BCUT2D eigenvalue weighted by Crippen LogP contribution is -2.20. The Morgan fingerprint density at radius 2 is 1.88 bits per heavy atom. The summed E-state index contributed by atoms with van der Waals surface area (Å²) in [5.74, 6) is 0.739. The van der Waals surface area contributed by atoms with Gasteiger partial charge in [-0.2, -0.15) is 13.2 Å². The van der Waals surface area contributed by atoms with Gasteiger partial charge in [-0.05, 0) is 48.9 Å². The summed E-state index contributed by atoms with van der Waals surface area (Å²) in [6.45, 7) is 2.21. The van der Waals surface area contributed by atoms with Crippen LogP contribution in [0.1, 0.15) is 29.3 Å². The fraction of sp³-hybridized carbons (Fsp3) is 0.316. The molecule has 0 saturated carbocycles. The normalized spacial score (nSPS) is 18.7.